The van der Waals surface area contributed by atoms with Gasteiger partial charge in [-0.3, -0.25) is 4.99 Å². The van der Waals surface area contributed by atoms with E-state index in [9.17, 15) is 0 Å². The Morgan fingerprint density at radius 3 is 2.53 bits per heavy atom. The number of aromatic nitrogens is 2. The van der Waals surface area contributed by atoms with E-state index < -0.39 is 0 Å². The molecule has 0 atom stereocenters. The number of fused-ring (bicyclic) bond motifs is 1. The second-order valence-corrected chi connectivity index (χ2v) is 6.83. The Hall–Kier alpha value is -3.22. The van der Waals surface area contributed by atoms with Gasteiger partial charge in [-0.1, -0.05) is 18.2 Å². The quantitative estimate of drug-likeness (QED) is 0.419. The van der Waals surface area contributed by atoms with Gasteiger partial charge in [0.05, 0.1) is 30.8 Å². The van der Waals surface area contributed by atoms with Crippen molar-refractivity contribution < 1.29 is 9.47 Å². The number of hydrogen-bond donors (Lipinski definition) is 2. The highest BCUT2D eigenvalue weighted by atomic mass is 16.5. The Morgan fingerprint density at radius 2 is 1.80 bits per heavy atom. The van der Waals surface area contributed by atoms with Crippen LogP contribution in [0.5, 0.6) is 11.5 Å². The van der Waals surface area contributed by atoms with Gasteiger partial charge in [0, 0.05) is 20.6 Å². The van der Waals surface area contributed by atoms with Crippen molar-refractivity contribution in [3.05, 3.63) is 53.9 Å². The summed E-state index contributed by atoms with van der Waals surface area (Å²) in [5.74, 6) is 3.29. The van der Waals surface area contributed by atoms with Gasteiger partial charge in [-0.15, -0.1) is 0 Å². The first-order valence-electron chi connectivity index (χ1n) is 10.4. The summed E-state index contributed by atoms with van der Waals surface area (Å²) in [5, 5.41) is 6.70. The van der Waals surface area contributed by atoms with Gasteiger partial charge in [0.1, 0.15) is 5.82 Å². The molecule has 0 aliphatic heterocycles. The predicted molar refractivity (Wildman–Crippen MR) is 121 cm³/mol. The molecule has 0 aliphatic carbocycles. The van der Waals surface area contributed by atoms with Crippen LogP contribution in [0.3, 0.4) is 0 Å². The van der Waals surface area contributed by atoms with Crippen molar-refractivity contribution in [3.8, 4) is 11.5 Å². The van der Waals surface area contributed by atoms with Crippen molar-refractivity contribution in [3.63, 3.8) is 0 Å². The van der Waals surface area contributed by atoms with Crippen molar-refractivity contribution in [2.75, 3.05) is 26.8 Å². The van der Waals surface area contributed by atoms with Crippen LogP contribution in [0.15, 0.2) is 47.5 Å². The lowest BCUT2D eigenvalue weighted by atomic mass is 10.1. The molecule has 7 nitrogen and oxygen atoms in total. The van der Waals surface area contributed by atoms with E-state index in [-0.39, 0.29) is 0 Å². The molecule has 0 unspecified atom stereocenters. The summed E-state index contributed by atoms with van der Waals surface area (Å²) in [6.07, 6.45) is 0.847. The summed E-state index contributed by atoms with van der Waals surface area (Å²) in [6.45, 7) is 6.53. The van der Waals surface area contributed by atoms with E-state index in [1.807, 2.05) is 51.2 Å². The number of aliphatic imine (C=N–C) groups is 1. The number of nitrogens with one attached hydrogen (secondary N) is 2. The topological polar surface area (TPSA) is 72.7 Å². The van der Waals surface area contributed by atoms with E-state index in [4.69, 9.17) is 9.47 Å². The van der Waals surface area contributed by atoms with E-state index in [1.54, 1.807) is 7.05 Å². The average Bonchev–Trinajstić information content (AvgIpc) is 3.08. The Balaban J connectivity index is 1.54. The number of benzene rings is 2. The molecule has 0 saturated carbocycles. The fourth-order valence-electron chi connectivity index (χ4n) is 3.31. The summed E-state index contributed by atoms with van der Waals surface area (Å²) >= 11 is 0. The predicted octanol–water partition coefficient (Wildman–Crippen LogP) is 3.28. The van der Waals surface area contributed by atoms with Crippen molar-refractivity contribution in [1.29, 1.82) is 0 Å². The van der Waals surface area contributed by atoms with Crippen LogP contribution < -0.4 is 20.1 Å². The molecule has 0 radical (unpaired) electrons. The van der Waals surface area contributed by atoms with E-state index >= 15 is 0 Å². The number of hydrogen-bond acceptors (Lipinski definition) is 4. The van der Waals surface area contributed by atoms with E-state index in [0.717, 1.165) is 47.3 Å². The van der Waals surface area contributed by atoms with Crippen molar-refractivity contribution in [2.24, 2.45) is 12.0 Å². The molecule has 30 heavy (non-hydrogen) atoms. The number of nitrogens with zero attached hydrogens (tertiary/aromatic N) is 3. The summed E-state index contributed by atoms with van der Waals surface area (Å²) in [7, 11) is 3.80. The lowest BCUT2D eigenvalue weighted by Gasteiger charge is -2.14. The third-order valence-corrected chi connectivity index (χ3v) is 4.83. The van der Waals surface area contributed by atoms with Crippen LogP contribution in [0.4, 0.5) is 0 Å². The summed E-state index contributed by atoms with van der Waals surface area (Å²) < 4.78 is 13.4. The molecule has 7 heteroatoms. The molecule has 3 aromatic rings. The van der Waals surface area contributed by atoms with Gasteiger partial charge in [-0.25, -0.2) is 4.98 Å². The number of guanidine groups is 1. The van der Waals surface area contributed by atoms with Crippen molar-refractivity contribution in [1.82, 2.24) is 20.2 Å². The van der Waals surface area contributed by atoms with Gasteiger partial charge in [0.25, 0.3) is 0 Å². The fourth-order valence-corrected chi connectivity index (χ4v) is 3.31. The highest BCUT2D eigenvalue weighted by molar-refractivity contribution is 5.80. The first-order valence-corrected chi connectivity index (χ1v) is 10.4. The maximum Gasteiger partial charge on any atom is 0.191 e. The molecular weight excluding hydrogens is 378 g/mol. The Bertz CT molecular complexity index is 996. The van der Waals surface area contributed by atoms with Gasteiger partial charge in [-0.05, 0) is 50.1 Å². The second-order valence-electron chi connectivity index (χ2n) is 6.83. The van der Waals surface area contributed by atoms with Crippen LogP contribution in [0.25, 0.3) is 11.0 Å². The van der Waals surface area contributed by atoms with Crippen LogP contribution in [0.1, 0.15) is 25.2 Å². The minimum absolute atomic E-state index is 0.600. The largest absolute Gasteiger partial charge is 0.490 e. The highest BCUT2D eigenvalue weighted by Crippen LogP contribution is 2.28. The van der Waals surface area contributed by atoms with Crippen LogP contribution >= 0.6 is 0 Å². The average molecular weight is 410 g/mol. The SMILES string of the molecule is CCOc1ccc(CCNC(=NC)NCc2nc3ccccc3n2C)cc1OCC. The van der Waals surface area contributed by atoms with Crippen molar-refractivity contribution in [2.45, 2.75) is 26.8 Å². The fraction of sp³-hybridized carbons (Fsp3) is 0.391. The maximum atomic E-state index is 5.71. The standard InChI is InChI=1S/C23H31N5O2/c1-5-29-20-12-11-17(15-21(20)30-6-2)13-14-25-23(24-3)26-16-22-27-18-9-7-8-10-19(18)28(22)4/h7-12,15H,5-6,13-14,16H2,1-4H3,(H2,24,25,26). The van der Waals surface area contributed by atoms with E-state index in [0.29, 0.717) is 19.8 Å². The molecule has 1 heterocycles. The minimum atomic E-state index is 0.600. The van der Waals surface area contributed by atoms with Gasteiger partial charge in [-0.2, -0.15) is 0 Å². The van der Waals surface area contributed by atoms with Crippen molar-refractivity contribution >= 4 is 17.0 Å². The molecule has 0 amide bonds. The number of aryl methyl sites for hydroxylation is 1. The van der Waals surface area contributed by atoms with Crippen LogP contribution in [0, 0.1) is 0 Å². The number of rotatable bonds is 9. The number of ether oxygens (including phenoxy) is 2. The summed E-state index contributed by atoms with van der Waals surface area (Å²) in [4.78, 5) is 9.00. The monoisotopic (exact) mass is 409 g/mol. The lowest BCUT2D eigenvalue weighted by molar-refractivity contribution is 0.287. The number of imidazole rings is 1. The first-order chi connectivity index (χ1) is 14.7. The molecule has 2 N–H and O–H groups in total. The molecule has 2 aromatic carbocycles. The smallest absolute Gasteiger partial charge is 0.191 e. The molecule has 0 saturated heterocycles. The molecule has 0 bridgehead atoms. The number of para-hydroxylation sites is 2. The van der Waals surface area contributed by atoms with Gasteiger partial charge < -0.3 is 24.7 Å². The molecule has 0 spiro atoms. The van der Waals surface area contributed by atoms with Crippen LogP contribution in [-0.4, -0.2) is 42.3 Å². The van der Waals surface area contributed by atoms with Gasteiger partial charge in [0.15, 0.2) is 17.5 Å². The van der Waals surface area contributed by atoms with Gasteiger partial charge >= 0.3 is 0 Å². The van der Waals surface area contributed by atoms with Gasteiger partial charge in [0.2, 0.25) is 0 Å². The normalized spacial score (nSPS) is 11.5. The highest BCUT2D eigenvalue weighted by Gasteiger charge is 2.09. The van der Waals surface area contributed by atoms with Crippen LogP contribution in [0.2, 0.25) is 0 Å². The zero-order chi connectivity index (χ0) is 21.3. The Labute approximate surface area is 178 Å². The molecular formula is C23H31N5O2. The maximum absolute atomic E-state index is 5.71. The second kappa shape index (κ2) is 10.5. The molecule has 1 aromatic heterocycles. The Kier molecular flexibility index (Phi) is 7.54. The zero-order valence-electron chi connectivity index (χ0n) is 18.2. The molecule has 3 rings (SSSR count). The Morgan fingerprint density at radius 1 is 1.03 bits per heavy atom. The van der Waals surface area contributed by atoms with E-state index in [2.05, 4.69) is 37.3 Å². The third-order valence-electron chi connectivity index (χ3n) is 4.83. The third kappa shape index (κ3) is 5.23. The summed E-state index contributed by atoms with van der Waals surface area (Å²) in [5.41, 5.74) is 3.30. The van der Waals surface area contributed by atoms with Crippen LogP contribution in [-0.2, 0) is 20.0 Å². The summed E-state index contributed by atoms with van der Waals surface area (Å²) in [6, 6.07) is 14.2. The first kappa shape index (κ1) is 21.5. The minimum Gasteiger partial charge on any atom is -0.490 e. The molecule has 160 valence electrons. The lowest BCUT2D eigenvalue weighted by Crippen LogP contribution is -2.38. The zero-order valence-corrected chi connectivity index (χ0v) is 18.2. The van der Waals surface area contributed by atoms with E-state index in [1.165, 1.54) is 5.56 Å². The molecule has 0 aliphatic rings. The molecule has 0 fully saturated rings.